The highest BCUT2D eigenvalue weighted by Crippen LogP contribution is 2.37. The van der Waals surface area contributed by atoms with Crippen LogP contribution in [0, 0.1) is 0 Å². The van der Waals surface area contributed by atoms with Crippen LogP contribution in [0.5, 0.6) is 0 Å². The van der Waals surface area contributed by atoms with E-state index in [1.165, 1.54) is 4.90 Å². The molecule has 0 spiro atoms. The molecule has 2 aromatic carbocycles. The van der Waals surface area contributed by atoms with Gasteiger partial charge in [-0.15, -0.1) is 0 Å². The van der Waals surface area contributed by atoms with E-state index >= 15 is 0 Å². The van der Waals surface area contributed by atoms with Crippen molar-refractivity contribution in [3.05, 3.63) is 70.8 Å². The number of piperidine rings is 1. The van der Waals surface area contributed by atoms with Crippen LogP contribution in [0.25, 0.3) is 0 Å². The van der Waals surface area contributed by atoms with Crippen LogP contribution in [0.1, 0.15) is 39.4 Å². The van der Waals surface area contributed by atoms with Crippen molar-refractivity contribution in [3.63, 3.8) is 0 Å². The molecule has 190 valence electrons. The van der Waals surface area contributed by atoms with Crippen molar-refractivity contribution < 1.29 is 35.3 Å². The first-order chi connectivity index (χ1) is 16.4. The molecule has 2 aliphatic rings. The molecule has 2 aliphatic heterocycles. The molecule has 4 rings (SSSR count). The first kappa shape index (κ1) is 25.7. The van der Waals surface area contributed by atoms with Crippen LogP contribution in [-0.2, 0) is 23.2 Å². The Balaban J connectivity index is 1.63. The summed E-state index contributed by atoms with van der Waals surface area (Å²) in [5, 5.41) is 0. The molecular formula is C24H24F6N2O2S. The lowest BCUT2D eigenvalue weighted by Crippen LogP contribution is -2.54. The van der Waals surface area contributed by atoms with E-state index in [-0.39, 0.29) is 31.1 Å². The maximum absolute atomic E-state index is 13.3. The minimum atomic E-state index is -5.02. The van der Waals surface area contributed by atoms with Crippen LogP contribution in [-0.4, -0.2) is 63.6 Å². The number of halogens is 6. The molecule has 0 N–H and O–H groups in total. The quantitative estimate of drug-likeness (QED) is 0.549. The van der Waals surface area contributed by atoms with Crippen molar-refractivity contribution in [1.82, 2.24) is 9.80 Å². The number of hydrogen-bond donors (Lipinski definition) is 0. The number of carbonyl (C=O) groups is 1. The van der Waals surface area contributed by atoms with Gasteiger partial charge in [0, 0.05) is 66.0 Å². The Labute approximate surface area is 201 Å². The zero-order valence-electron chi connectivity index (χ0n) is 18.6. The summed E-state index contributed by atoms with van der Waals surface area (Å²) in [4.78, 5) is 16.8. The Bertz CT molecular complexity index is 1050. The van der Waals surface area contributed by atoms with Crippen LogP contribution in [0.2, 0.25) is 0 Å². The van der Waals surface area contributed by atoms with Crippen LogP contribution < -0.4 is 0 Å². The number of alkyl halides is 6. The van der Waals surface area contributed by atoms with Crippen LogP contribution in [0.15, 0.2) is 48.5 Å². The van der Waals surface area contributed by atoms with Gasteiger partial charge in [0.05, 0.1) is 11.1 Å². The van der Waals surface area contributed by atoms with E-state index in [1.54, 1.807) is 0 Å². The van der Waals surface area contributed by atoms with Gasteiger partial charge in [0.2, 0.25) is 0 Å². The van der Waals surface area contributed by atoms with E-state index < -0.39 is 45.7 Å². The fraction of sp³-hybridized carbons (Fsp3) is 0.458. The first-order valence-corrected chi connectivity index (χ1v) is 12.6. The zero-order chi connectivity index (χ0) is 25.4. The molecule has 11 heteroatoms. The molecule has 0 aliphatic carbocycles. The van der Waals surface area contributed by atoms with Crippen molar-refractivity contribution >= 4 is 16.7 Å². The highest BCUT2D eigenvalue weighted by Gasteiger charge is 2.40. The summed E-state index contributed by atoms with van der Waals surface area (Å²) in [6.07, 6.45) is -9.54. The molecule has 0 unspecified atom stereocenters. The van der Waals surface area contributed by atoms with Crippen LogP contribution in [0.4, 0.5) is 26.3 Å². The highest BCUT2D eigenvalue weighted by molar-refractivity contribution is 7.85. The number of nitrogens with zero attached hydrogens (tertiary/aromatic N) is 2. The Morgan fingerprint density at radius 2 is 1.43 bits per heavy atom. The summed E-state index contributed by atoms with van der Waals surface area (Å²) < 4.78 is 91.6. The smallest absolute Gasteiger partial charge is 0.338 e. The molecule has 4 nitrogen and oxygen atoms in total. The molecule has 0 aromatic heterocycles. The van der Waals surface area contributed by atoms with Crippen molar-refractivity contribution in [3.8, 4) is 0 Å². The predicted molar refractivity (Wildman–Crippen MR) is 119 cm³/mol. The van der Waals surface area contributed by atoms with E-state index in [2.05, 4.69) is 4.90 Å². The summed E-state index contributed by atoms with van der Waals surface area (Å²) in [5.74, 6) is 0.0463. The SMILES string of the molecule is O=C(c1cc(C(F)(F)F)cc(C(F)(F)F)c1)N1CC[C@H](N2CCS(=O)CC2)[C@H](c2ccccc2)C1. The molecule has 2 aromatic rings. The van der Waals surface area contributed by atoms with Crippen molar-refractivity contribution in [2.75, 3.05) is 37.7 Å². The monoisotopic (exact) mass is 518 g/mol. The van der Waals surface area contributed by atoms with E-state index in [1.807, 2.05) is 30.3 Å². The molecule has 2 atom stereocenters. The lowest BCUT2D eigenvalue weighted by atomic mass is 9.84. The molecule has 2 fully saturated rings. The van der Waals surface area contributed by atoms with Gasteiger partial charge in [0.25, 0.3) is 5.91 Å². The Hall–Kier alpha value is -2.40. The maximum atomic E-state index is 13.3. The topological polar surface area (TPSA) is 40.6 Å². The molecule has 35 heavy (non-hydrogen) atoms. The lowest BCUT2D eigenvalue weighted by molar-refractivity contribution is -0.143. The summed E-state index contributed by atoms with van der Waals surface area (Å²) in [5.41, 5.74) is -2.72. The number of amides is 1. The Morgan fingerprint density at radius 1 is 0.857 bits per heavy atom. The van der Waals surface area contributed by atoms with Gasteiger partial charge >= 0.3 is 12.4 Å². The van der Waals surface area contributed by atoms with Crippen molar-refractivity contribution in [2.24, 2.45) is 0 Å². The van der Waals surface area contributed by atoms with E-state index in [0.29, 0.717) is 43.1 Å². The minimum absolute atomic E-state index is 0.0194. The van der Waals surface area contributed by atoms with Gasteiger partial charge in [0.1, 0.15) is 0 Å². The molecule has 0 radical (unpaired) electrons. The Kier molecular flexibility index (Phi) is 7.28. The van der Waals surface area contributed by atoms with Gasteiger partial charge < -0.3 is 4.90 Å². The zero-order valence-corrected chi connectivity index (χ0v) is 19.4. The number of carbonyl (C=O) groups excluding carboxylic acids is 1. The number of likely N-dealkylation sites (tertiary alicyclic amines) is 1. The van der Waals surface area contributed by atoms with Gasteiger partial charge in [-0.05, 0) is 30.2 Å². The number of benzene rings is 2. The average molecular weight is 519 g/mol. The fourth-order valence-electron chi connectivity index (χ4n) is 4.83. The highest BCUT2D eigenvalue weighted by atomic mass is 32.2. The summed E-state index contributed by atoms with van der Waals surface area (Å²) >= 11 is 0. The van der Waals surface area contributed by atoms with E-state index in [4.69, 9.17) is 0 Å². The van der Waals surface area contributed by atoms with Gasteiger partial charge in [-0.3, -0.25) is 13.9 Å². The minimum Gasteiger partial charge on any atom is -0.338 e. The van der Waals surface area contributed by atoms with Gasteiger partial charge in [-0.25, -0.2) is 0 Å². The van der Waals surface area contributed by atoms with Crippen LogP contribution >= 0.6 is 0 Å². The maximum Gasteiger partial charge on any atom is 0.416 e. The lowest BCUT2D eigenvalue weighted by Gasteiger charge is -2.45. The molecule has 2 saturated heterocycles. The third-order valence-electron chi connectivity index (χ3n) is 6.61. The normalized spacial score (nSPS) is 22.9. The van der Waals surface area contributed by atoms with Crippen molar-refractivity contribution in [2.45, 2.75) is 30.7 Å². The number of hydrogen-bond acceptors (Lipinski definition) is 3. The average Bonchev–Trinajstić information content (AvgIpc) is 2.83. The molecule has 0 bridgehead atoms. The number of rotatable bonds is 3. The summed E-state index contributed by atoms with van der Waals surface area (Å²) in [6, 6.07) is 10.4. The third-order valence-corrected chi connectivity index (χ3v) is 7.88. The van der Waals surface area contributed by atoms with Gasteiger partial charge in [0.15, 0.2) is 0 Å². The predicted octanol–water partition coefficient (Wildman–Crippen LogP) is 4.79. The first-order valence-electron chi connectivity index (χ1n) is 11.2. The molecule has 0 saturated carbocycles. The third kappa shape index (κ3) is 5.88. The molecular weight excluding hydrogens is 494 g/mol. The second-order valence-corrected chi connectivity index (χ2v) is 10.5. The fourth-order valence-corrected chi connectivity index (χ4v) is 5.91. The van der Waals surface area contributed by atoms with E-state index in [0.717, 1.165) is 5.56 Å². The summed E-state index contributed by atoms with van der Waals surface area (Å²) in [7, 11) is -0.870. The second kappa shape index (κ2) is 9.93. The summed E-state index contributed by atoms with van der Waals surface area (Å²) in [6.45, 7) is 1.63. The van der Waals surface area contributed by atoms with Gasteiger partial charge in [-0.2, -0.15) is 26.3 Å². The Morgan fingerprint density at radius 3 is 1.97 bits per heavy atom. The van der Waals surface area contributed by atoms with E-state index in [9.17, 15) is 35.3 Å². The van der Waals surface area contributed by atoms with Gasteiger partial charge in [-0.1, -0.05) is 30.3 Å². The van der Waals surface area contributed by atoms with Crippen molar-refractivity contribution in [1.29, 1.82) is 0 Å². The second-order valence-electron chi connectivity index (χ2n) is 8.80. The largest absolute Gasteiger partial charge is 0.416 e. The van der Waals surface area contributed by atoms with Crippen LogP contribution in [0.3, 0.4) is 0 Å². The molecule has 2 heterocycles. The molecule has 1 amide bonds. The standard InChI is InChI=1S/C24H24F6N2O2S/c25-23(26,27)18-12-17(13-19(14-18)24(28,29)30)22(33)32-7-6-21(31-8-10-35(34)11-9-31)20(15-32)16-4-2-1-3-5-16/h1-5,12-14,20-21H,6-11,15H2/t20-,21-/m0/s1.